The molecule has 2 amide bonds. The Labute approximate surface area is 196 Å². The van der Waals surface area contributed by atoms with E-state index in [0.29, 0.717) is 16.3 Å². The van der Waals surface area contributed by atoms with Gasteiger partial charge >= 0.3 is 0 Å². The molecule has 0 fully saturated rings. The van der Waals surface area contributed by atoms with E-state index in [2.05, 4.69) is 10.3 Å². The van der Waals surface area contributed by atoms with Crippen molar-refractivity contribution in [3.05, 3.63) is 112 Å². The largest absolute Gasteiger partial charge is 0.467 e. The van der Waals surface area contributed by atoms with Crippen LogP contribution in [0.5, 0.6) is 0 Å². The molecule has 0 radical (unpaired) electrons. The molecular weight excluding hydrogens is 434 g/mol. The molecule has 1 atom stereocenters. The number of aryl methyl sites for hydroxylation is 2. The van der Waals surface area contributed by atoms with Crippen LogP contribution in [0.4, 0.5) is 0 Å². The molecule has 6 nitrogen and oxygen atoms in total. The van der Waals surface area contributed by atoms with Crippen LogP contribution in [0.2, 0.25) is 0 Å². The summed E-state index contributed by atoms with van der Waals surface area (Å²) in [7, 11) is 0. The number of nitrogens with one attached hydrogen (secondary N) is 1. The molecule has 1 N–H and O–H groups in total. The standard InChI is InChI=1S/C26H25N3O3S/c1-18-24(33-19(2)28-18)26(31)29(17-20-10-5-3-6-11-20)23(21-12-7-4-8-13-21)25(30)27-16-22-14-9-15-32-22/h3-15,23H,16-17H2,1-2H3,(H,27,30)/t23-/m1/s1. The first-order valence-electron chi connectivity index (χ1n) is 10.7. The quantitative estimate of drug-likeness (QED) is 0.400. The van der Waals surface area contributed by atoms with E-state index < -0.39 is 6.04 Å². The average molecular weight is 460 g/mol. The minimum atomic E-state index is -0.823. The number of rotatable bonds is 8. The highest BCUT2D eigenvalue weighted by Crippen LogP contribution is 2.29. The topological polar surface area (TPSA) is 75.4 Å². The summed E-state index contributed by atoms with van der Waals surface area (Å²) < 4.78 is 5.36. The van der Waals surface area contributed by atoms with E-state index in [1.165, 1.54) is 11.3 Å². The smallest absolute Gasteiger partial charge is 0.267 e. The number of carbonyl (C=O) groups excluding carboxylic acids is 2. The van der Waals surface area contributed by atoms with Crippen LogP contribution in [0.25, 0.3) is 0 Å². The maximum absolute atomic E-state index is 13.8. The molecular formula is C26H25N3O3S. The Balaban J connectivity index is 1.73. The van der Waals surface area contributed by atoms with Crippen molar-refractivity contribution in [1.29, 1.82) is 0 Å². The molecule has 2 aromatic carbocycles. The lowest BCUT2D eigenvalue weighted by Gasteiger charge is -2.31. The predicted octanol–water partition coefficient (Wildman–Crippen LogP) is 5.05. The zero-order chi connectivity index (χ0) is 23.2. The molecule has 0 bridgehead atoms. The highest BCUT2D eigenvalue weighted by Gasteiger charge is 2.33. The predicted molar refractivity (Wildman–Crippen MR) is 128 cm³/mol. The summed E-state index contributed by atoms with van der Waals surface area (Å²) in [6.45, 7) is 4.22. The van der Waals surface area contributed by atoms with E-state index in [9.17, 15) is 9.59 Å². The number of hydrogen-bond acceptors (Lipinski definition) is 5. The van der Waals surface area contributed by atoms with Gasteiger partial charge in [-0.2, -0.15) is 0 Å². The Morgan fingerprint density at radius 1 is 1.00 bits per heavy atom. The molecule has 0 unspecified atom stereocenters. The van der Waals surface area contributed by atoms with Gasteiger partial charge in [-0.1, -0.05) is 60.7 Å². The number of carbonyl (C=O) groups is 2. The third kappa shape index (κ3) is 5.38. The van der Waals surface area contributed by atoms with Gasteiger partial charge < -0.3 is 14.6 Å². The van der Waals surface area contributed by atoms with Crippen LogP contribution >= 0.6 is 11.3 Å². The van der Waals surface area contributed by atoms with Crippen molar-refractivity contribution in [1.82, 2.24) is 15.2 Å². The molecule has 0 spiro atoms. The third-order valence-corrected chi connectivity index (χ3v) is 6.31. The Morgan fingerprint density at radius 3 is 2.30 bits per heavy atom. The lowest BCUT2D eigenvalue weighted by atomic mass is 10.0. The van der Waals surface area contributed by atoms with E-state index in [0.717, 1.165) is 16.1 Å². The molecule has 0 saturated heterocycles. The average Bonchev–Trinajstić information content (AvgIpc) is 3.47. The Hall–Kier alpha value is -3.71. The highest BCUT2D eigenvalue weighted by molar-refractivity contribution is 7.13. The van der Waals surface area contributed by atoms with E-state index in [4.69, 9.17) is 4.42 Å². The summed E-state index contributed by atoms with van der Waals surface area (Å²) >= 11 is 1.35. The fraction of sp³-hybridized carbons (Fsp3) is 0.192. The lowest BCUT2D eigenvalue weighted by molar-refractivity contribution is -0.126. The maximum atomic E-state index is 13.8. The first-order valence-corrected chi connectivity index (χ1v) is 11.5. The van der Waals surface area contributed by atoms with Crippen LogP contribution in [0, 0.1) is 13.8 Å². The van der Waals surface area contributed by atoms with Crippen molar-refractivity contribution in [2.45, 2.75) is 33.0 Å². The molecule has 0 aliphatic rings. The van der Waals surface area contributed by atoms with Crippen LogP contribution in [-0.2, 0) is 17.9 Å². The Morgan fingerprint density at radius 2 is 1.70 bits per heavy atom. The fourth-order valence-electron chi connectivity index (χ4n) is 3.71. The summed E-state index contributed by atoms with van der Waals surface area (Å²) in [5.74, 6) is 0.148. The molecule has 4 rings (SSSR count). The molecule has 33 heavy (non-hydrogen) atoms. The highest BCUT2D eigenvalue weighted by atomic mass is 32.1. The van der Waals surface area contributed by atoms with Gasteiger partial charge in [-0.05, 0) is 37.1 Å². The molecule has 2 aromatic heterocycles. The SMILES string of the molecule is Cc1nc(C)c(C(=O)N(Cc2ccccc2)[C@@H](C(=O)NCc2ccco2)c2ccccc2)s1. The lowest BCUT2D eigenvalue weighted by Crippen LogP contribution is -2.43. The molecule has 0 aliphatic carbocycles. The second-order valence-corrected chi connectivity index (χ2v) is 8.88. The van der Waals surface area contributed by atoms with Gasteiger partial charge in [0.2, 0.25) is 5.91 Å². The van der Waals surface area contributed by atoms with E-state index in [1.54, 1.807) is 23.3 Å². The molecule has 0 aliphatic heterocycles. The molecule has 4 aromatic rings. The van der Waals surface area contributed by atoms with Gasteiger partial charge in [0.1, 0.15) is 16.7 Å². The Bertz CT molecular complexity index is 1200. The Kier molecular flexibility index (Phi) is 7.00. The van der Waals surface area contributed by atoms with Crippen molar-refractivity contribution in [2.75, 3.05) is 0 Å². The van der Waals surface area contributed by atoms with Gasteiger partial charge in [0.05, 0.1) is 23.5 Å². The maximum Gasteiger partial charge on any atom is 0.267 e. The van der Waals surface area contributed by atoms with Crippen LogP contribution in [0.3, 0.4) is 0 Å². The van der Waals surface area contributed by atoms with Crippen LogP contribution in [-0.4, -0.2) is 21.7 Å². The number of amides is 2. The molecule has 0 saturated carbocycles. The van der Waals surface area contributed by atoms with Crippen molar-refractivity contribution >= 4 is 23.2 Å². The van der Waals surface area contributed by atoms with Gasteiger partial charge in [0.25, 0.3) is 5.91 Å². The van der Waals surface area contributed by atoms with Gasteiger partial charge in [0, 0.05) is 6.54 Å². The summed E-state index contributed by atoms with van der Waals surface area (Å²) in [5, 5.41) is 3.75. The van der Waals surface area contributed by atoms with E-state index >= 15 is 0 Å². The molecule has 168 valence electrons. The van der Waals surface area contributed by atoms with Crippen molar-refractivity contribution < 1.29 is 14.0 Å². The van der Waals surface area contributed by atoms with Crippen molar-refractivity contribution in [3.8, 4) is 0 Å². The second kappa shape index (κ2) is 10.3. The van der Waals surface area contributed by atoms with Crippen molar-refractivity contribution in [2.24, 2.45) is 0 Å². The van der Waals surface area contributed by atoms with Gasteiger partial charge in [0.15, 0.2) is 0 Å². The summed E-state index contributed by atoms with van der Waals surface area (Å²) in [6.07, 6.45) is 1.57. The summed E-state index contributed by atoms with van der Waals surface area (Å²) in [6, 6.07) is 21.8. The van der Waals surface area contributed by atoms with Gasteiger partial charge in [-0.3, -0.25) is 9.59 Å². The third-order valence-electron chi connectivity index (χ3n) is 5.25. The zero-order valence-electron chi connectivity index (χ0n) is 18.5. The number of thiazole rings is 1. The van der Waals surface area contributed by atoms with E-state index in [1.807, 2.05) is 74.5 Å². The summed E-state index contributed by atoms with van der Waals surface area (Å²) in [4.78, 5) is 34.0. The number of furan rings is 1. The minimum Gasteiger partial charge on any atom is -0.467 e. The van der Waals surface area contributed by atoms with Crippen LogP contribution in [0.15, 0.2) is 83.5 Å². The van der Waals surface area contributed by atoms with Gasteiger partial charge in [-0.25, -0.2) is 4.98 Å². The van der Waals surface area contributed by atoms with Gasteiger partial charge in [-0.15, -0.1) is 11.3 Å². The second-order valence-electron chi connectivity index (χ2n) is 7.68. The van der Waals surface area contributed by atoms with E-state index in [-0.39, 0.29) is 24.9 Å². The first kappa shape index (κ1) is 22.5. The normalized spacial score (nSPS) is 11.7. The zero-order valence-corrected chi connectivity index (χ0v) is 19.3. The number of aromatic nitrogens is 1. The molecule has 7 heteroatoms. The number of nitrogens with zero attached hydrogens (tertiary/aromatic N) is 2. The number of hydrogen-bond donors (Lipinski definition) is 1. The monoisotopic (exact) mass is 459 g/mol. The van der Waals surface area contributed by atoms with Crippen molar-refractivity contribution in [3.63, 3.8) is 0 Å². The minimum absolute atomic E-state index is 0.219. The first-order chi connectivity index (χ1) is 16.0. The van der Waals surface area contributed by atoms with Crippen LogP contribution in [0.1, 0.15) is 43.3 Å². The van der Waals surface area contributed by atoms with Crippen LogP contribution < -0.4 is 5.32 Å². The number of benzene rings is 2. The molecule has 2 heterocycles. The summed E-state index contributed by atoms with van der Waals surface area (Å²) in [5.41, 5.74) is 2.34. The fourth-order valence-corrected chi connectivity index (χ4v) is 4.59.